The number of hydrazine groups is 1. The van der Waals surface area contributed by atoms with E-state index in [0.717, 1.165) is 10.6 Å². The Morgan fingerprint density at radius 1 is 1.03 bits per heavy atom. The van der Waals surface area contributed by atoms with Crippen LogP contribution in [0.5, 0.6) is 0 Å². The predicted molar refractivity (Wildman–Crippen MR) is 114 cm³/mol. The summed E-state index contributed by atoms with van der Waals surface area (Å²) < 4.78 is 5.36. The SMILES string of the molecule is Cc1nc(-c2ccccc2)sc1C(=O)NNC(=O)c1cccnc1N1CCOCC1. The molecule has 3 aromatic rings. The van der Waals surface area contributed by atoms with E-state index < -0.39 is 11.8 Å². The number of anilines is 1. The number of carbonyl (C=O) groups excluding carboxylic acids is 2. The number of rotatable bonds is 4. The van der Waals surface area contributed by atoms with E-state index in [4.69, 9.17) is 4.74 Å². The van der Waals surface area contributed by atoms with E-state index in [0.29, 0.717) is 48.3 Å². The summed E-state index contributed by atoms with van der Waals surface area (Å²) in [4.78, 5) is 36.6. The summed E-state index contributed by atoms with van der Waals surface area (Å²) in [5.41, 5.74) is 6.94. The molecule has 0 aliphatic carbocycles. The molecule has 3 heterocycles. The van der Waals surface area contributed by atoms with Gasteiger partial charge in [0, 0.05) is 24.8 Å². The molecular weight excluding hydrogens is 402 g/mol. The standard InChI is InChI=1S/C21H21N5O3S/c1-14-17(30-21(23-14)15-6-3-2-4-7-15)20(28)25-24-19(27)16-8-5-9-22-18(16)26-10-12-29-13-11-26/h2-9H,10-13H2,1H3,(H,24,27)(H,25,28). The number of nitrogens with zero attached hydrogens (tertiary/aromatic N) is 3. The van der Waals surface area contributed by atoms with Gasteiger partial charge in [0.25, 0.3) is 11.8 Å². The molecule has 1 aliphatic heterocycles. The van der Waals surface area contributed by atoms with Gasteiger partial charge in [-0.15, -0.1) is 11.3 Å². The lowest BCUT2D eigenvalue weighted by molar-refractivity contribution is 0.0847. The average Bonchev–Trinajstić information content (AvgIpc) is 3.20. The van der Waals surface area contributed by atoms with E-state index >= 15 is 0 Å². The Bertz CT molecular complexity index is 1050. The molecule has 1 saturated heterocycles. The van der Waals surface area contributed by atoms with E-state index in [-0.39, 0.29) is 0 Å². The summed E-state index contributed by atoms with van der Waals surface area (Å²) in [6, 6.07) is 13.0. The zero-order valence-corrected chi connectivity index (χ0v) is 17.2. The molecule has 2 N–H and O–H groups in total. The van der Waals surface area contributed by atoms with Crippen LogP contribution in [0.1, 0.15) is 25.7 Å². The van der Waals surface area contributed by atoms with Crippen molar-refractivity contribution in [1.29, 1.82) is 0 Å². The molecule has 154 valence electrons. The molecule has 0 spiro atoms. The maximum Gasteiger partial charge on any atom is 0.281 e. The fraction of sp³-hybridized carbons (Fsp3) is 0.238. The predicted octanol–water partition coefficient (Wildman–Crippen LogP) is 2.42. The molecule has 1 aliphatic rings. The highest BCUT2D eigenvalue weighted by Crippen LogP contribution is 2.27. The van der Waals surface area contributed by atoms with Crippen LogP contribution in [0.15, 0.2) is 48.7 Å². The molecule has 0 radical (unpaired) electrons. The number of nitrogens with one attached hydrogen (secondary N) is 2. The number of morpholine rings is 1. The van der Waals surface area contributed by atoms with Gasteiger partial charge < -0.3 is 9.64 Å². The van der Waals surface area contributed by atoms with E-state index in [1.165, 1.54) is 11.3 Å². The second-order valence-corrected chi connectivity index (χ2v) is 7.68. The Balaban J connectivity index is 1.45. The van der Waals surface area contributed by atoms with Crippen LogP contribution in [0.4, 0.5) is 5.82 Å². The number of thiazole rings is 1. The van der Waals surface area contributed by atoms with Crippen molar-refractivity contribution in [3.8, 4) is 10.6 Å². The molecule has 2 aromatic heterocycles. The van der Waals surface area contributed by atoms with Crippen LogP contribution < -0.4 is 15.8 Å². The van der Waals surface area contributed by atoms with Gasteiger partial charge in [-0.3, -0.25) is 20.4 Å². The van der Waals surface area contributed by atoms with Crippen molar-refractivity contribution in [2.24, 2.45) is 0 Å². The third kappa shape index (κ3) is 4.32. The summed E-state index contributed by atoms with van der Waals surface area (Å²) in [5, 5.41) is 0.756. The first-order chi connectivity index (χ1) is 14.6. The molecule has 0 bridgehead atoms. The Morgan fingerprint density at radius 3 is 2.53 bits per heavy atom. The van der Waals surface area contributed by atoms with Gasteiger partial charge in [-0.25, -0.2) is 9.97 Å². The lowest BCUT2D eigenvalue weighted by atomic mass is 10.2. The quantitative estimate of drug-likeness (QED) is 0.626. The first-order valence-electron chi connectivity index (χ1n) is 9.54. The molecular formula is C21H21N5O3S. The highest BCUT2D eigenvalue weighted by Gasteiger charge is 2.21. The number of ether oxygens (including phenoxy) is 1. The van der Waals surface area contributed by atoms with E-state index in [2.05, 4.69) is 20.8 Å². The Hall–Kier alpha value is -3.30. The molecule has 2 amide bonds. The highest BCUT2D eigenvalue weighted by atomic mass is 32.1. The Kier molecular flexibility index (Phi) is 6.01. The third-order valence-corrected chi connectivity index (χ3v) is 5.86. The summed E-state index contributed by atoms with van der Waals surface area (Å²) >= 11 is 1.29. The molecule has 0 saturated carbocycles. The highest BCUT2D eigenvalue weighted by molar-refractivity contribution is 7.17. The lowest BCUT2D eigenvalue weighted by Gasteiger charge is -2.29. The smallest absolute Gasteiger partial charge is 0.281 e. The first-order valence-corrected chi connectivity index (χ1v) is 10.4. The number of carbonyl (C=O) groups is 2. The molecule has 9 heteroatoms. The fourth-order valence-corrected chi connectivity index (χ4v) is 4.12. The lowest BCUT2D eigenvalue weighted by Crippen LogP contribution is -2.43. The first kappa shape index (κ1) is 20.0. The minimum Gasteiger partial charge on any atom is -0.378 e. The number of pyridine rings is 1. The summed E-state index contributed by atoms with van der Waals surface area (Å²) in [7, 11) is 0. The van der Waals surface area contributed by atoms with Crippen LogP contribution in [0.2, 0.25) is 0 Å². The van der Waals surface area contributed by atoms with Gasteiger partial charge >= 0.3 is 0 Å². The van der Waals surface area contributed by atoms with Crippen LogP contribution in [-0.4, -0.2) is 48.1 Å². The zero-order chi connectivity index (χ0) is 20.9. The van der Waals surface area contributed by atoms with Gasteiger partial charge in [0.1, 0.15) is 15.7 Å². The van der Waals surface area contributed by atoms with Crippen LogP contribution in [0.3, 0.4) is 0 Å². The number of amides is 2. The molecule has 1 aromatic carbocycles. The number of hydrogen-bond donors (Lipinski definition) is 2. The Morgan fingerprint density at radius 2 is 1.77 bits per heavy atom. The molecule has 1 fully saturated rings. The summed E-state index contributed by atoms with van der Waals surface area (Å²) in [6.07, 6.45) is 1.64. The second-order valence-electron chi connectivity index (χ2n) is 6.68. The van der Waals surface area contributed by atoms with E-state index in [9.17, 15) is 9.59 Å². The van der Waals surface area contributed by atoms with Gasteiger partial charge in [-0.05, 0) is 19.1 Å². The molecule has 8 nitrogen and oxygen atoms in total. The minimum atomic E-state index is -0.427. The van der Waals surface area contributed by atoms with Crippen LogP contribution in [0, 0.1) is 6.92 Å². The van der Waals surface area contributed by atoms with E-state index in [1.807, 2.05) is 35.2 Å². The fourth-order valence-electron chi connectivity index (χ4n) is 3.15. The van der Waals surface area contributed by atoms with Gasteiger partial charge in [0.05, 0.1) is 24.5 Å². The zero-order valence-electron chi connectivity index (χ0n) is 16.4. The maximum atomic E-state index is 12.7. The van der Waals surface area contributed by atoms with Crippen LogP contribution >= 0.6 is 11.3 Å². The van der Waals surface area contributed by atoms with Crippen molar-refractivity contribution < 1.29 is 14.3 Å². The number of hydrogen-bond acceptors (Lipinski definition) is 7. The van der Waals surface area contributed by atoms with Crippen molar-refractivity contribution in [2.75, 3.05) is 31.2 Å². The summed E-state index contributed by atoms with van der Waals surface area (Å²) in [6.45, 7) is 4.26. The number of aryl methyl sites for hydroxylation is 1. The second kappa shape index (κ2) is 9.02. The van der Waals surface area contributed by atoms with Gasteiger partial charge in [-0.1, -0.05) is 30.3 Å². The minimum absolute atomic E-state index is 0.394. The molecule has 30 heavy (non-hydrogen) atoms. The van der Waals surface area contributed by atoms with Crippen molar-refractivity contribution in [3.05, 3.63) is 64.8 Å². The van der Waals surface area contributed by atoms with Gasteiger partial charge in [0.2, 0.25) is 0 Å². The van der Waals surface area contributed by atoms with Crippen molar-refractivity contribution >= 4 is 29.0 Å². The van der Waals surface area contributed by atoms with Crippen LogP contribution in [0.25, 0.3) is 10.6 Å². The Labute approximate surface area is 177 Å². The molecule has 0 unspecified atom stereocenters. The largest absolute Gasteiger partial charge is 0.378 e. The van der Waals surface area contributed by atoms with Crippen LogP contribution in [-0.2, 0) is 4.74 Å². The van der Waals surface area contributed by atoms with Gasteiger partial charge in [0.15, 0.2) is 0 Å². The monoisotopic (exact) mass is 423 g/mol. The van der Waals surface area contributed by atoms with Gasteiger partial charge in [-0.2, -0.15) is 0 Å². The number of aromatic nitrogens is 2. The van der Waals surface area contributed by atoms with Crippen molar-refractivity contribution in [1.82, 2.24) is 20.8 Å². The van der Waals surface area contributed by atoms with E-state index in [1.54, 1.807) is 25.3 Å². The van der Waals surface area contributed by atoms with Crippen molar-refractivity contribution in [2.45, 2.75) is 6.92 Å². The third-order valence-electron chi connectivity index (χ3n) is 4.66. The topological polar surface area (TPSA) is 96.5 Å². The van der Waals surface area contributed by atoms with Crippen molar-refractivity contribution in [3.63, 3.8) is 0 Å². The molecule has 0 atom stereocenters. The summed E-state index contributed by atoms with van der Waals surface area (Å²) in [5.74, 6) is -0.256. The normalized spacial score (nSPS) is 13.7. The average molecular weight is 423 g/mol. The number of benzene rings is 1. The molecule has 4 rings (SSSR count). The maximum absolute atomic E-state index is 12.7.